The third kappa shape index (κ3) is 7.02. The first kappa shape index (κ1) is 24.7. The number of aromatic amines is 1. The molecule has 4 aromatic rings. The number of aromatic nitrogens is 3. The number of hydrogen-bond acceptors (Lipinski definition) is 7. The van der Waals surface area contributed by atoms with Gasteiger partial charge in [0.05, 0.1) is 38.4 Å². The van der Waals surface area contributed by atoms with Crippen molar-refractivity contribution in [2.75, 3.05) is 58.7 Å². The van der Waals surface area contributed by atoms with Gasteiger partial charge in [0.25, 0.3) is 0 Å². The van der Waals surface area contributed by atoms with E-state index in [-0.39, 0.29) is 0 Å². The molecule has 2 aromatic carbocycles. The summed E-state index contributed by atoms with van der Waals surface area (Å²) < 4.78 is 21.6. The van der Waals surface area contributed by atoms with Crippen molar-refractivity contribution in [2.24, 2.45) is 0 Å². The quantitative estimate of drug-likeness (QED) is 0.272. The van der Waals surface area contributed by atoms with Gasteiger partial charge in [-0.15, -0.1) is 0 Å². The molecule has 0 fully saturated rings. The maximum Gasteiger partial charge on any atom is 0.143 e. The Morgan fingerprint density at radius 3 is 2.29 bits per heavy atom. The lowest BCUT2D eigenvalue weighted by molar-refractivity contribution is 0.0180. The average Bonchev–Trinajstić information content (AvgIpc) is 3.33. The first-order chi connectivity index (χ1) is 17.2. The molecule has 0 bridgehead atoms. The van der Waals surface area contributed by atoms with Crippen molar-refractivity contribution in [3.8, 4) is 17.0 Å². The maximum atomic E-state index is 5.78. The zero-order valence-corrected chi connectivity index (χ0v) is 20.3. The molecular weight excluding hydrogens is 444 g/mol. The molecule has 35 heavy (non-hydrogen) atoms. The van der Waals surface area contributed by atoms with Crippen LogP contribution in [0, 0.1) is 0 Å². The Labute approximate surface area is 205 Å². The second kappa shape index (κ2) is 12.9. The Balaban J connectivity index is 1.32. The lowest BCUT2D eigenvalue weighted by Gasteiger charge is -2.18. The molecule has 0 atom stereocenters. The number of benzene rings is 2. The lowest BCUT2D eigenvalue weighted by atomic mass is 10.1. The number of anilines is 1. The summed E-state index contributed by atoms with van der Waals surface area (Å²) in [6.45, 7) is 4.03. The summed E-state index contributed by atoms with van der Waals surface area (Å²) in [5.41, 5.74) is 4.08. The lowest BCUT2D eigenvalue weighted by Crippen LogP contribution is -2.17. The highest BCUT2D eigenvalue weighted by Gasteiger charge is 2.13. The molecule has 8 heteroatoms. The molecular formula is C27H32N4O4. The van der Waals surface area contributed by atoms with E-state index < -0.39 is 0 Å². The first-order valence-electron chi connectivity index (χ1n) is 11.7. The van der Waals surface area contributed by atoms with E-state index >= 15 is 0 Å². The highest BCUT2D eigenvalue weighted by Crippen LogP contribution is 2.29. The molecule has 0 radical (unpaired) electrons. The molecule has 0 aliphatic heterocycles. The van der Waals surface area contributed by atoms with Gasteiger partial charge in [0.15, 0.2) is 0 Å². The van der Waals surface area contributed by atoms with Crippen LogP contribution in [0.15, 0.2) is 67.0 Å². The molecule has 0 aliphatic rings. The SMILES string of the molecule is COCCOCCOCCOc1ccc(-c2cc3c(N(C)Cc4ccccc4)ncnc3[nH]2)cc1. The monoisotopic (exact) mass is 476 g/mol. The van der Waals surface area contributed by atoms with Gasteiger partial charge in [-0.2, -0.15) is 0 Å². The molecule has 8 nitrogen and oxygen atoms in total. The van der Waals surface area contributed by atoms with Gasteiger partial charge in [0.1, 0.15) is 30.1 Å². The number of methoxy groups -OCH3 is 1. The number of rotatable bonds is 14. The standard InChI is InChI=1S/C27H32N4O4/c1-31(19-21-6-4-3-5-7-21)27-24-18-25(30-26(24)28-20-29-27)22-8-10-23(11-9-22)35-17-16-34-15-14-33-13-12-32-2/h3-11,18,20H,12-17,19H2,1-2H3,(H,28,29,30). The Kier molecular flexibility index (Phi) is 9.05. The Bertz CT molecular complexity index is 1170. The summed E-state index contributed by atoms with van der Waals surface area (Å²) in [6, 6.07) is 20.4. The van der Waals surface area contributed by atoms with Crippen LogP contribution in [0.1, 0.15) is 5.56 Å². The number of nitrogens with zero attached hydrogens (tertiary/aromatic N) is 3. The minimum atomic E-state index is 0.483. The summed E-state index contributed by atoms with van der Waals surface area (Å²) >= 11 is 0. The Morgan fingerprint density at radius 2 is 1.54 bits per heavy atom. The van der Waals surface area contributed by atoms with Crippen LogP contribution in [-0.4, -0.2) is 68.8 Å². The van der Waals surface area contributed by atoms with Crippen LogP contribution >= 0.6 is 0 Å². The number of hydrogen-bond donors (Lipinski definition) is 1. The largest absolute Gasteiger partial charge is 0.491 e. The summed E-state index contributed by atoms with van der Waals surface area (Å²) in [4.78, 5) is 14.5. The van der Waals surface area contributed by atoms with E-state index in [0.29, 0.717) is 39.6 Å². The molecule has 184 valence electrons. The summed E-state index contributed by atoms with van der Waals surface area (Å²) in [5, 5.41) is 0.990. The van der Waals surface area contributed by atoms with E-state index in [2.05, 4.69) is 38.1 Å². The third-order valence-corrected chi connectivity index (χ3v) is 5.49. The molecule has 0 saturated carbocycles. The molecule has 0 spiro atoms. The number of fused-ring (bicyclic) bond motifs is 1. The van der Waals surface area contributed by atoms with Crippen LogP contribution in [-0.2, 0) is 20.8 Å². The molecule has 1 N–H and O–H groups in total. The van der Waals surface area contributed by atoms with Crippen molar-refractivity contribution >= 4 is 16.9 Å². The van der Waals surface area contributed by atoms with Crippen molar-refractivity contribution < 1.29 is 18.9 Å². The van der Waals surface area contributed by atoms with E-state index in [4.69, 9.17) is 18.9 Å². The minimum absolute atomic E-state index is 0.483. The van der Waals surface area contributed by atoms with Gasteiger partial charge in [-0.25, -0.2) is 9.97 Å². The van der Waals surface area contributed by atoms with Crippen LogP contribution in [0.25, 0.3) is 22.3 Å². The number of nitrogens with one attached hydrogen (secondary N) is 1. The summed E-state index contributed by atoms with van der Waals surface area (Å²) in [5.74, 6) is 1.69. The molecule has 0 unspecified atom stereocenters. The van der Waals surface area contributed by atoms with Gasteiger partial charge in [-0.05, 0) is 41.5 Å². The minimum Gasteiger partial charge on any atom is -0.491 e. The Morgan fingerprint density at radius 1 is 0.829 bits per heavy atom. The summed E-state index contributed by atoms with van der Waals surface area (Å²) in [7, 11) is 3.70. The molecule has 4 rings (SSSR count). The maximum absolute atomic E-state index is 5.78. The number of ether oxygens (including phenoxy) is 4. The average molecular weight is 477 g/mol. The van der Waals surface area contributed by atoms with Crippen LogP contribution < -0.4 is 9.64 Å². The third-order valence-electron chi connectivity index (χ3n) is 5.49. The van der Waals surface area contributed by atoms with Crippen molar-refractivity contribution in [3.05, 3.63) is 72.6 Å². The molecule has 0 aliphatic carbocycles. The fraction of sp³-hybridized carbons (Fsp3) is 0.333. The zero-order chi connectivity index (χ0) is 24.3. The normalized spacial score (nSPS) is 11.1. The van der Waals surface area contributed by atoms with Gasteiger partial charge in [0.2, 0.25) is 0 Å². The van der Waals surface area contributed by atoms with E-state index in [9.17, 15) is 0 Å². The fourth-order valence-electron chi connectivity index (χ4n) is 3.73. The van der Waals surface area contributed by atoms with Gasteiger partial charge < -0.3 is 28.8 Å². The predicted octanol–water partition coefficient (Wildman–Crippen LogP) is 4.32. The summed E-state index contributed by atoms with van der Waals surface area (Å²) in [6.07, 6.45) is 1.60. The highest BCUT2D eigenvalue weighted by atomic mass is 16.6. The van der Waals surface area contributed by atoms with Crippen LogP contribution in [0.5, 0.6) is 5.75 Å². The fourth-order valence-corrected chi connectivity index (χ4v) is 3.73. The molecule has 2 aromatic heterocycles. The van der Waals surface area contributed by atoms with Crippen LogP contribution in [0.4, 0.5) is 5.82 Å². The van der Waals surface area contributed by atoms with Crippen molar-refractivity contribution in [1.29, 1.82) is 0 Å². The molecule has 0 saturated heterocycles. The smallest absolute Gasteiger partial charge is 0.143 e. The van der Waals surface area contributed by atoms with Gasteiger partial charge in [0, 0.05) is 26.4 Å². The van der Waals surface area contributed by atoms with E-state index in [1.165, 1.54) is 5.56 Å². The van der Waals surface area contributed by atoms with Gasteiger partial charge in [-0.1, -0.05) is 30.3 Å². The number of H-pyrrole nitrogens is 1. The second-order valence-electron chi connectivity index (χ2n) is 8.07. The topological polar surface area (TPSA) is 81.7 Å². The zero-order valence-electron chi connectivity index (χ0n) is 20.3. The first-order valence-corrected chi connectivity index (χ1v) is 11.7. The van der Waals surface area contributed by atoms with Crippen LogP contribution in [0.3, 0.4) is 0 Å². The van der Waals surface area contributed by atoms with Crippen molar-refractivity contribution in [2.45, 2.75) is 6.54 Å². The van der Waals surface area contributed by atoms with Crippen LogP contribution in [0.2, 0.25) is 0 Å². The van der Waals surface area contributed by atoms with Gasteiger partial charge >= 0.3 is 0 Å². The van der Waals surface area contributed by atoms with Gasteiger partial charge in [-0.3, -0.25) is 0 Å². The van der Waals surface area contributed by atoms with E-state index in [1.54, 1.807) is 13.4 Å². The molecule has 2 heterocycles. The van der Waals surface area contributed by atoms with Crippen molar-refractivity contribution in [3.63, 3.8) is 0 Å². The second-order valence-corrected chi connectivity index (χ2v) is 8.07. The van der Waals surface area contributed by atoms with Crippen molar-refractivity contribution in [1.82, 2.24) is 15.0 Å². The Hall–Kier alpha value is -3.46. The van der Waals surface area contributed by atoms with E-state index in [0.717, 1.165) is 40.4 Å². The molecule has 0 amide bonds. The van der Waals surface area contributed by atoms with E-state index in [1.807, 2.05) is 49.5 Å². The highest BCUT2D eigenvalue weighted by molar-refractivity contribution is 5.91. The predicted molar refractivity (Wildman–Crippen MR) is 137 cm³/mol.